The number of halogens is 3. The number of carboxylic acid groups (broad SMARTS) is 1. The Bertz CT molecular complexity index is 1120. The summed E-state index contributed by atoms with van der Waals surface area (Å²) in [5.74, 6) is 0.215. The van der Waals surface area contributed by atoms with E-state index in [0.717, 1.165) is 21.3 Å². The van der Waals surface area contributed by atoms with Gasteiger partial charge in [-0.2, -0.15) is 0 Å². The molecule has 0 heterocycles. The molecule has 3 aromatic rings. The number of carbonyl (C=O) groups is 1. The van der Waals surface area contributed by atoms with Gasteiger partial charge in [-0.3, -0.25) is 0 Å². The summed E-state index contributed by atoms with van der Waals surface area (Å²) in [5, 5.41) is 13.5. The first-order chi connectivity index (χ1) is 15.3. The molecule has 3 aromatic carbocycles. The molecule has 0 amide bonds. The summed E-state index contributed by atoms with van der Waals surface area (Å²) in [6, 6.07) is 14.2. The third-order valence-electron chi connectivity index (χ3n) is 4.75. The highest BCUT2D eigenvalue weighted by Crippen LogP contribution is 2.38. The molecule has 0 fully saturated rings. The summed E-state index contributed by atoms with van der Waals surface area (Å²) >= 11 is 16.1. The van der Waals surface area contributed by atoms with Crippen molar-refractivity contribution in [1.29, 1.82) is 0 Å². The molecule has 8 heteroatoms. The van der Waals surface area contributed by atoms with Gasteiger partial charge >= 0.3 is 5.97 Å². The molecule has 3 rings (SSSR count). The molecule has 0 atom stereocenters. The van der Waals surface area contributed by atoms with Crippen LogP contribution >= 0.6 is 39.1 Å². The minimum atomic E-state index is -0.946. The highest BCUT2D eigenvalue weighted by molar-refractivity contribution is 9.10. The van der Waals surface area contributed by atoms with Crippen molar-refractivity contribution in [3.05, 3.63) is 85.3 Å². The summed E-state index contributed by atoms with van der Waals surface area (Å²) in [6.45, 7) is 4.96. The fourth-order valence-electron chi connectivity index (χ4n) is 3.13. The van der Waals surface area contributed by atoms with Gasteiger partial charge in [0.05, 0.1) is 16.6 Å². The van der Waals surface area contributed by atoms with Crippen LogP contribution in [0.1, 0.15) is 34.0 Å². The van der Waals surface area contributed by atoms with Gasteiger partial charge in [0.25, 0.3) is 0 Å². The van der Waals surface area contributed by atoms with Crippen LogP contribution in [0.15, 0.2) is 53.0 Å². The van der Waals surface area contributed by atoms with Gasteiger partial charge in [0.1, 0.15) is 6.61 Å². The molecule has 168 valence electrons. The van der Waals surface area contributed by atoms with Crippen LogP contribution < -0.4 is 14.8 Å². The van der Waals surface area contributed by atoms with Crippen molar-refractivity contribution in [2.75, 3.05) is 11.9 Å². The van der Waals surface area contributed by atoms with E-state index in [-0.39, 0.29) is 12.2 Å². The van der Waals surface area contributed by atoms with Gasteiger partial charge in [-0.1, -0.05) is 29.3 Å². The number of anilines is 1. The minimum absolute atomic E-state index is 0.198. The Labute approximate surface area is 205 Å². The second-order valence-electron chi connectivity index (χ2n) is 7.02. The zero-order chi connectivity index (χ0) is 23.3. The van der Waals surface area contributed by atoms with Crippen molar-refractivity contribution in [3.63, 3.8) is 0 Å². The Morgan fingerprint density at radius 1 is 1.09 bits per heavy atom. The number of aromatic carboxylic acids is 1. The predicted octanol–water partition coefficient (Wildman–Crippen LogP) is 7.35. The summed E-state index contributed by atoms with van der Waals surface area (Å²) in [6.07, 6.45) is 0. The van der Waals surface area contributed by atoms with Crippen LogP contribution in [-0.2, 0) is 13.2 Å². The third kappa shape index (κ3) is 5.88. The monoisotopic (exact) mass is 537 g/mol. The van der Waals surface area contributed by atoms with Crippen LogP contribution in [0.3, 0.4) is 0 Å². The maximum absolute atomic E-state index is 11.1. The molecule has 0 bridgehead atoms. The molecule has 0 saturated carbocycles. The molecule has 32 heavy (non-hydrogen) atoms. The minimum Gasteiger partial charge on any atom is -0.490 e. The topological polar surface area (TPSA) is 67.8 Å². The van der Waals surface area contributed by atoms with Crippen molar-refractivity contribution in [2.45, 2.75) is 27.0 Å². The lowest BCUT2D eigenvalue weighted by atomic mass is 10.1. The lowest BCUT2D eigenvalue weighted by Crippen LogP contribution is -2.05. The number of hydrogen-bond acceptors (Lipinski definition) is 4. The average Bonchev–Trinajstić information content (AvgIpc) is 2.74. The van der Waals surface area contributed by atoms with Gasteiger partial charge in [0.2, 0.25) is 0 Å². The molecule has 0 spiro atoms. The van der Waals surface area contributed by atoms with Gasteiger partial charge in [-0.05, 0) is 83.4 Å². The fraction of sp³-hybridized carbons (Fsp3) is 0.208. The molecule has 0 aliphatic carbocycles. The van der Waals surface area contributed by atoms with Gasteiger partial charge in [0.15, 0.2) is 11.5 Å². The Morgan fingerprint density at radius 2 is 1.81 bits per heavy atom. The first-order valence-electron chi connectivity index (χ1n) is 9.88. The SMILES string of the molecule is CCOc1cc(CNc2ccc(C(=O)O)cc2C)cc(Br)c1OCc1c(Cl)cccc1Cl. The Kier molecular flexibility index (Phi) is 8.29. The van der Waals surface area contributed by atoms with Crippen LogP contribution in [-0.4, -0.2) is 17.7 Å². The van der Waals surface area contributed by atoms with Crippen molar-refractivity contribution < 1.29 is 19.4 Å². The van der Waals surface area contributed by atoms with Crippen molar-refractivity contribution in [3.8, 4) is 11.5 Å². The summed E-state index contributed by atoms with van der Waals surface area (Å²) in [5.41, 5.74) is 3.64. The van der Waals surface area contributed by atoms with Gasteiger partial charge in [0, 0.05) is 27.8 Å². The quantitative estimate of drug-likeness (QED) is 0.298. The predicted molar refractivity (Wildman–Crippen MR) is 132 cm³/mol. The lowest BCUT2D eigenvalue weighted by Gasteiger charge is -2.17. The van der Waals surface area contributed by atoms with Crippen LogP contribution in [0.25, 0.3) is 0 Å². The van der Waals surface area contributed by atoms with E-state index in [0.29, 0.717) is 40.3 Å². The molecule has 2 N–H and O–H groups in total. The van der Waals surface area contributed by atoms with E-state index in [1.54, 1.807) is 36.4 Å². The van der Waals surface area contributed by atoms with E-state index in [2.05, 4.69) is 21.2 Å². The molecule has 0 saturated heterocycles. The number of aryl methyl sites for hydroxylation is 1. The molecule has 0 unspecified atom stereocenters. The number of rotatable bonds is 9. The standard InChI is InChI=1S/C24H22BrCl2NO4/c1-3-31-22-11-15(12-28-21-8-7-16(24(29)30)9-14(21)2)10-18(25)23(22)32-13-17-19(26)5-4-6-20(17)27/h4-11,28H,3,12-13H2,1-2H3,(H,29,30). The zero-order valence-corrected chi connectivity index (χ0v) is 20.6. The Balaban J connectivity index is 1.78. The van der Waals surface area contributed by atoms with Crippen LogP contribution in [0.4, 0.5) is 5.69 Å². The Morgan fingerprint density at radius 3 is 2.44 bits per heavy atom. The largest absolute Gasteiger partial charge is 0.490 e. The first kappa shape index (κ1) is 24.2. The van der Waals surface area contributed by atoms with E-state index >= 15 is 0 Å². The molecule has 0 radical (unpaired) electrons. The van der Waals surface area contributed by atoms with Gasteiger partial charge in [-0.15, -0.1) is 0 Å². The second kappa shape index (κ2) is 10.9. The lowest BCUT2D eigenvalue weighted by molar-refractivity contribution is 0.0697. The van der Waals surface area contributed by atoms with E-state index < -0.39 is 5.97 Å². The van der Waals surface area contributed by atoms with Crippen molar-refractivity contribution >= 4 is 50.8 Å². The molecular formula is C24H22BrCl2NO4. The van der Waals surface area contributed by atoms with E-state index in [4.69, 9.17) is 37.8 Å². The molecule has 0 aromatic heterocycles. The zero-order valence-electron chi connectivity index (χ0n) is 17.5. The maximum Gasteiger partial charge on any atom is 0.335 e. The maximum atomic E-state index is 11.1. The van der Waals surface area contributed by atoms with Gasteiger partial charge in [-0.25, -0.2) is 4.79 Å². The number of nitrogens with one attached hydrogen (secondary N) is 1. The second-order valence-corrected chi connectivity index (χ2v) is 8.68. The van der Waals surface area contributed by atoms with Crippen molar-refractivity contribution in [2.24, 2.45) is 0 Å². The number of carboxylic acids is 1. The van der Waals surface area contributed by atoms with Crippen LogP contribution in [0.5, 0.6) is 11.5 Å². The summed E-state index contributed by atoms with van der Waals surface area (Å²) < 4.78 is 12.6. The summed E-state index contributed by atoms with van der Waals surface area (Å²) in [4.78, 5) is 11.1. The van der Waals surface area contributed by atoms with E-state index in [1.165, 1.54) is 0 Å². The average molecular weight is 539 g/mol. The number of ether oxygens (including phenoxy) is 2. The normalized spacial score (nSPS) is 10.7. The molecule has 0 aliphatic heterocycles. The number of benzene rings is 3. The van der Waals surface area contributed by atoms with Gasteiger partial charge < -0.3 is 19.9 Å². The molecule has 5 nitrogen and oxygen atoms in total. The molecule has 0 aliphatic rings. The third-order valence-corrected chi connectivity index (χ3v) is 6.05. The van der Waals surface area contributed by atoms with E-state index in [9.17, 15) is 4.79 Å². The first-order valence-corrected chi connectivity index (χ1v) is 11.4. The highest BCUT2D eigenvalue weighted by Gasteiger charge is 2.15. The van der Waals surface area contributed by atoms with Crippen LogP contribution in [0, 0.1) is 6.92 Å². The molecular weight excluding hydrogens is 517 g/mol. The summed E-state index contributed by atoms with van der Waals surface area (Å²) in [7, 11) is 0. The fourth-order valence-corrected chi connectivity index (χ4v) is 4.24. The number of hydrogen-bond donors (Lipinski definition) is 2. The van der Waals surface area contributed by atoms with E-state index in [1.807, 2.05) is 26.0 Å². The Hall–Kier alpha value is -2.41. The highest BCUT2D eigenvalue weighted by atomic mass is 79.9. The van der Waals surface area contributed by atoms with Crippen molar-refractivity contribution in [1.82, 2.24) is 0 Å². The van der Waals surface area contributed by atoms with Crippen LogP contribution in [0.2, 0.25) is 10.0 Å². The smallest absolute Gasteiger partial charge is 0.335 e.